The third-order valence-corrected chi connectivity index (χ3v) is 5.69. The molecular formula is C24H20F2N4OS. The first-order valence-electron chi connectivity index (χ1n) is 9.92. The average Bonchev–Trinajstić information content (AvgIpc) is 3.21. The van der Waals surface area contributed by atoms with Crippen molar-refractivity contribution in [3.63, 3.8) is 0 Å². The zero-order valence-corrected chi connectivity index (χ0v) is 18.1. The van der Waals surface area contributed by atoms with Crippen molar-refractivity contribution >= 4 is 17.7 Å². The summed E-state index contributed by atoms with van der Waals surface area (Å²) in [6, 6.07) is 20.4. The van der Waals surface area contributed by atoms with Crippen LogP contribution in [0.4, 0.5) is 8.78 Å². The van der Waals surface area contributed by atoms with Crippen LogP contribution in [0.25, 0.3) is 17.1 Å². The summed E-state index contributed by atoms with van der Waals surface area (Å²) in [5.41, 5.74) is 2.98. The molecule has 0 unspecified atom stereocenters. The summed E-state index contributed by atoms with van der Waals surface area (Å²) in [5.74, 6) is -1.13. The van der Waals surface area contributed by atoms with Crippen molar-refractivity contribution in [3.8, 4) is 17.1 Å². The number of carbonyl (C=O) groups is 1. The molecule has 0 fully saturated rings. The highest BCUT2D eigenvalue weighted by Gasteiger charge is 2.20. The van der Waals surface area contributed by atoms with Crippen LogP contribution in [0.2, 0.25) is 0 Å². The first-order valence-corrected chi connectivity index (χ1v) is 10.9. The number of benzene rings is 3. The van der Waals surface area contributed by atoms with Gasteiger partial charge in [-0.3, -0.25) is 9.36 Å². The molecule has 1 amide bonds. The first-order chi connectivity index (χ1) is 15.5. The normalized spacial score (nSPS) is 10.8. The lowest BCUT2D eigenvalue weighted by Crippen LogP contribution is -2.24. The second-order valence-corrected chi connectivity index (χ2v) is 8.10. The van der Waals surface area contributed by atoms with E-state index in [4.69, 9.17) is 0 Å². The maximum absolute atomic E-state index is 14.6. The molecule has 1 N–H and O–H groups in total. The topological polar surface area (TPSA) is 59.8 Å². The van der Waals surface area contributed by atoms with E-state index in [0.29, 0.717) is 17.5 Å². The van der Waals surface area contributed by atoms with Crippen molar-refractivity contribution < 1.29 is 13.6 Å². The van der Waals surface area contributed by atoms with Crippen LogP contribution >= 0.6 is 11.8 Å². The Morgan fingerprint density at radius 2 is 1.75 bits per heavy atom. The van der Waals surface area contributed by atoms with Crippen LogP contribution in [0.5, 0.6) is 0 Å². The lowest BCUT2D eigenvalue weighted by atomic mass is 10.1. The summed E-state index contributed by atoms with van der Waals surface area (Å²) in [5, 5.41) is 11.6. The van der Waals surface area contributed by atoms with E-state index in [0.717, 1.165) is 34.5 Å². The second-order valence-electron chi connectivity index (χ2n) is 7.15. The highest BCUT2D eigenvalue weighted by molar-refractivity contribution is 7.99. The van der Waals surface area contributed by atoms with Gasteiger partial charge in [-0.1, -0.05) is 71.9 Å². The minimum Gasteiger partial charge on any atom is -0.351 e. The Labute approximate surface area is 188 Å². The van der Waals surface area contributed by atoms with Gasteiger partial charge in [-0.2, -0.15) is 0 Å². The van der Waals surface area contributed by atoms with Gasteiger partial charge in [0.2, 0.25) is 5.91 Å². The van der Waals surface area contributed by atoms with E-state index in [9.17, 15) is 13.6 Å². The number of halogens is 2. The van der Waals surface area contributed by atoms with Crippen molar-refractivity contribution in [1.82, 2.24) is 20.1 Å². The van der Waals surface area contributed by atoms with E-state index >= 15 is 0 Å². The number of nitrogens with one attached hydrogen (secondary N) is 1. The number of hydrogen-bond acceptors (Lipinski definition) is 4. The molecule has 8 heteroatoms. The van der Waals surface area contributed by atoms with E-state index in [1.54, 1.807) is 0 Å². The molecule has 4 aromatic rings. The monoisotopic (exact) mass is 450 g/mol. The zero-order chi connectivity index (χ0) is 22.5. The minimum atomic E-state index is -0.743. The molecule has 5 nitrogen and oxygen atoms in total. The number of aromatic nitrogens is 3. The van der Waals surface area contributed by atoms with Crippen LogP contribution in [0.1, 0.15) is 11.1 Å². The SMILES string of the molecule is Cc1ccc(CNC(=O)CSc2nnc(-c3ccccc3)n2-c2ccc(F)cc2F)cc1. The largest absolute Gasteiger partial charge is 0.351 e. The van der Waals surface area contributed by atoms with Gasteiger partial charge in [-0.25, -0.2) is 8.78 Å². The number of aryl methyl sites for hydroxylation is 1. The van der Waals surface area contributed by atoms with Crippen molar-refractivity contribution in [2.75, 3.05) is 5.75 Å². The Bertz CT molecular complexity index is 1230. The van der Waals surface area contributed by atoms with Crippen LogP contribution in [0, 0.1) is 18.6 Å². The fourth-order valence-corrected chi connectivity index (χ4v) is 3.88. The fourth-order valence-electron chi connectivity index (χ4n) is 3.11. The van der Waals surface area contributed by atoms with Crippen molar-refractivity contribution in [1.29, 1.82) is 0 Å². The summed E-state index contributed by atoms with van der Waals surface area (Å²) < 4.78 is 29.6. The van der Waals surface area contributed by atoms with Crippen LogP contribution in [0.15, 0.2) is 78.0 Å². The number of carbonyl (C=O) groups excluding carboxylic acids is 1. The third-order valence-electron chi connectivity index (χ3n) is 4.76. The summed E-state index contributed by atoms with van der Waals surface area (Å²) in [4.78, 5) is 12.4. The molecule has 0 saturated heterocycles. The predicted octanol–water partition coefficient (Wildman–Crippen LogP) is 4.93. The lowest BCUT2D eigenvalue weighted by Gasteiger charge is -2.11. The van der Waals surface area contributed by atoms with E-state index in [1.165, 1.54) is 16.7 Å². The number of thioether (sulfide) groups is 1. The van der Waals surface area contributed by atoms with Crippen LogP contribution in [-0.4, -0.2) is 26.4 Å². The molecule has 0 spiro atoms. The van der Waals surface area contributed by atoms with Gasteiger partial charge in [0.15, 0.2) is 11.0 Å². The van der Waals surface area contributed by atoms with E-state index < -0.39 is 11.6 Å². The van der Waals surface area contributed by atoms with Gasteiger partial charge >= 0.3 is 0 Å². The smallest absolute Gasteiger partial charge is 0.230 e. The van der Waals surface area contributed by atoms with Gasteiger partial charge in [-0.15, -0.1) is 10.2 Å². The van der Waals surface area contributed by atoms with Gasteiger partial charge in [0, 0.05) is 18.2 Å². The number of nitrogens with zero attached hydrogens (tertiary/aromatic N) is 3. The van der Waals surface area contributed by atoms with Gasteiger partial charge < -0.3 is 5.32 Å². The number of rotatable bonds is 7. The highest BCUT2D eigenvalue weighted by Crippen LogP contribution is 2.29. The molecular weight excluding hydrogens is 430 g/mol. The molecule has 162 valence electrons. The molecule has 1 heterocycles. The average molecular weight is 451 g/mol. The van der Waals surface area contributed by atoms with Gasteiger partial charge in [0.1, 0.15) is 11.6 Å². The molecule has 3 aromatic carbocycles. The maximum Gasteiger partial charge on any atom is 0.230 e. The molecule has 4 rings (SSSR count). The summed E-state index contributed by atoms with van der Waals surface area (Å²) >= 11 is 1.13. The van der Waals surface area contributed by atoms with Crippen LogP contribution in [-0.2, 0) is 11.3 Å². The molecule has 0 atom stereocenters. The fraction of sp³-hybridized carbons (Fsp3) is 0.125. The maximum atomic E-state index is 14.6. The van der Waals surface area contributed by atoms with E-state index in [2.05, 4.69) is 15.5 Å². The van der Waals surface area contributed by atoms with E-state index in [-0.39, 0.29) is 17.3 Å². The first kappa shape index (κ1) is 21.7. The molecule has 1 aromatic heterocycles. The van der Waals surface area contributed by atoms with Gasteiger partial charge in [0.05, 0.1) is 11.4 Å². The Morgan fingerprint density at radius 1 is 1.00 bits per heavy atom. The van der Waals surface area contributed by atoms with Crippen LogP contribution in [0.3, 0.4) is 0 Å². The summed E-state index contributed by atoms with van der Waals surface area (Å²) in [6.07, 6.45) is 0. The highest BCUT2D eigenvalue weighted by atomic mass is 32.2. The lowest BCUT2D eigenvalue weighted by molar-refractivity contribution is -0.118. The van der Waals surface area contributed by atoms with Crippen molar-refractivity contribution in [3.05, 3.63) is 95.6 Å². The summed E-state index contributed by atoms with van der Waals surface area (Å²) in [6.45, 7) is 2.41. The molecule has 0 bridgehead atoms. The molecule has 0 saturated carbocycles. The van der Waals surface area contributed by atoms with Gasteiger partial charge in [-0.05, 0) is 24.6 Å². The van der Waals surface area contributed by atoms with Gasteiger partial charge in [0.25, 0.3) is 0 Å². The third kappa shape index (κ3) is 5.03. The molecule has 0 aliphatic rings. The molecule has 0 aliphatic heterocycles. The summed E-state index contributed by atoms with van der Waals surface area (Å²) in [7, 11) is 0. The molecule has 0 radical (unpaired) electrons. The van der Waals surface area contributed by atoms with Crippen LogP contribution < -0.4 is 5.32 Å². The van der Waals surface area contributed by atoms with Crippen molar-refractivity contribution in [2.24, 2.45) is 0 Å². The Hall–Kier alpha value is -3.52. The quantitative estimate of drug-likeness (QED) is 0.406. The standard InChI is InChI=1S/C24H20F2N4OS/c1-16-7-9-17(10-8-16)14-27-22(31)15-32-24-29-28-23(18-5-3-2-4-6-18)30(24)21-12-11-19(25)13-20(21)26/h2-13H,14-15H2,1H3,(H,27,31). The Morgan fingerprint density at radius 3 is 2.47 bits per heavy atom. The number of hydrogen-bond donors (Lipinski definition) is 1. The Balaban J connectivity index is 1.55. The predicted molar refractivity (Wildman–Crippen MR) is 120 cm³/mol. The minimum absolute atomic E-state index is 0.0710. The zero-order valence-electron chi connectivity index (χ0n) is 17.3. The Kier molecular flexibility index (Phi) is 6.61. The van der Waals surface area contributed by atoms with E-state index in [1.807, 2.05) is 61.5 Å². The van der Waals surface area contributed by atoms with Crippen molar-refractivity contribution in [2.45, 2.75) is 18.6 Å². The molecule has 0 aliphatic carbocycles. The number of amides is 1. The molecule has 32 heavy (non-hydrogen) atoms. The second kappa shape index (κ2) is 9.74.